The summed E-state index contributed by atoms with van der Waals surface area (Å²) in [6.45, 7) is 5.71. The predicted molar refractivity (Wildman–Crippen MR) is 73.5 cm³/mol. The number of hydrogen-bond donors (Lipinski definition) is 1. The molecule has 0 unspecified atom stereocenters. The van der Waals surface area contributed by atoms with Crippen LogP contribution in [0.2, 0.25) is 0 Å². The van der Waals surface area contributed by atoms with Gasteiger partial charge in [0.2, 0.25) is 0 Å². The van der Waals surface area contributed by atoms with Crippen LogP contribution in [0.15, 0.2) is 24.3 Å². The molecule has 100 valence electrons. The van der Waals surface area contributed by atoms with Gasteiger partial charge >= 0.3 is 0 Å². The Morgan fingerprint density at radius 1 is 1.28 bits per heavy atom. The summed E-state index contributed by atoms with van der Waals surface area (Å²) in [6, 6.07) is 7.05. The Kier molecular flexibility index (Phi) is 6.05. The summed E-state index contributed by atoms with van der Waals surface area (Å²) in [5.74, 6) is 0.701. The van der Waals surface area contributed by atoms with Crippen LogP contribution in [-0.4, -0.2) is 30.5 Å². The number of anilines is 1. The molecular weight excluding hydrogens is 228 g/mol. The Hall–Kier alpha value is -1.71. The van der Waals surface area contributed by atoms with Crippen LogP contribution in [0.3, 0.4) is 0 Å². The second-order valence-corrected chi connectivity index (χ2v) is 4.18. The first kappa shape index (κ1) is 14.4. The molecule has 1 rings (SSSR count). The lowest BCUT2D eigenvalue weighted by Crippen LogP contribution is -2.35. The third-order valence-electron chi connectivity index (χ3n) is 2.76. The standard InChI is InChI=1S/C14H22N2O2/c1-3-5-10-16(4-2)14(17)11-18-13-8-6-12(15)7-9-13/h6-9H,3-5,10-11,15H2,1-2H3. The average Bonchev–Trinajstić information content (AvgIpc) is 2.39. The monoisotopic (exact) mass is 250 g/mol. The van der Waals surface area contributed by atoms with Crippen molar-refractivity contribution in [2.24, 2.45) is 0 Å². The van der Waals surface area contributed by atoms with Gasteiger partial charge in [-0.15, -0.1) is 0 Å². The first-order valence-electron chi connectivity index (χ1n) is 6.43. The van der Waals surface area contributed by atoms with Crippen LogP contribution in [-0.2, 0) is 4.79 Å². The molecule has 0 saturated heterocycles. The highest BCUT2D eigenvalue weighted by Gasteiger charge is 2.11. The van der Waals surface area contributed by atoms with Crippen molar-refractivity contribution in [1.29, 1.82) is 0 Å². The largest absolute Gasteiger partial charge is 0.484 e. The van der Waals surface area contributed by atoms with Crippen LogP contribution < -0.4 is 10.5 Å². The van der Waals surface area contributed by atoms with Crippen LogP contribution in [0.25, 0.3) is 0 Å². The van der Waals surface area contributed by atoms with Gasteiger partial charge < -0.3 is 15.4 Å². The van der Waals surface area contributed by atoms with Gasteiger partial charge in [0.1, 0.15) is 5.75 Å². The number of amides is 1. The lowest BCUT2D eigenvalue weighted by atomic mass is 10.3. The highest BCUT2D eigenvalue weighted by Crippen LogP contribution is 2.13. The third-order valence-corrected chi connectivity index (χ3v) is 2.76. The first-order chi connectivity index (χ1) is 8.67. The topological polar surface area (TPSA) is 55.6 Å². The molecule has 0 aromatic heterocycles. The summed E-state index contributed by atoms with van der Waals surface area (Å²) in [5.41, 5.74) is 6.26. The molecule has 0 aliphatic heterocycles. The van der Waals surface area contributed by atoms with Crippen molar-refractivity contribution in [3.05, 3.63) is 24.3 Å². The average molecular weight is 250 g/mol. The van der Waals surface area contributed by atoms with Gasteiger partial charge in [0.25, 0.3) is 5.91 Å². The van der Waals surface area contributed by atoms with Gasteiger partial charge in [0.15, 0.2) is 6.61 Å². The molecule has 0 fully saturated rings. The SMILES string of the molecule is CCCCN(CC)C(=O)COc1ccc(N)cc1. The number of carbonyl (C=O) groups is 1. The first-order valence-corrected chi connectivity index (χ1v) is 6.43. The molecule has 0 aliphatic carbocycles. The van der Waals surface area contributed by atoms with Crippen molar-refractivity contribution in [2.75, 3.05) is 25.4 Å². The lowest BCUT2D eigenvalue weighted by molar-refractivity contribution is -0.133. The molecule has 1 aromatic rings. The summed E-state index contributed by atoms with van der Waals surface area (Å²) in [4.78, 5) is 13.7. The summed E-state index contributed by atoms with van der Waals surface area (Å²) in [5, 5.41) is 0. The van der Waals surface area contributed by atoms with Gasteiger partial charge in [-0.3, -0.25) is 4.79 Å². The zero-order chi connectivity index (χ0) is 13.4. The van der Waals surface area contributed by atoms with E-state index in [9.17, 15) is 4.79 Å². The molecule has 0 aliphatic rings. The minimum absolute atomic E-state index is 0.0303. The fourth-order valence-corrected chi connectivity index (χ4v) is 1.61. The van der Waals surface area contributed by atoms with E-state index in [1.54, 1.807) is 24.3 Å². The number of nitrogen functional groups attached to an aromatic ring is 1. The van der Waals surface area contributed by atoms with Crippen molar-refractivity contribution in [1.82, 2.24) is 4.90 Å². The second kappa shape index (κ2) is 7.58. The molecule has 2 N–H and O–H groups in total. The van der Waals surface area contributed by atoms with Crippen molar-refractivity contribution in [3.8, 4) is 5.75 Å². The number of benzene rings is 1. The van der Waals surface area contributed by atoms with E-state index in [1.807, 2.05) is 11.8 Å². The number of nitrogens with two attached hydrogens (primary N) is 1. The summed E-state index contributed by atoms with van der Waals surface area (Å²) in [7, 11) is 0. The summed E-state index contributed by atoms with van der Waals surface area (Å²) in [6.07, 6.45) is 2.12. The Bertz CT molecular complexity index is 363. The maximum Gasteiger partial charge on any atom is 0.260 e. The quantitative estimate of drug-likeness (QED) is 0.755. The molecular formula is C14H22N2O2. The highest BCUT2D eigenvalue weighted by molar-refractivity contribution is 5.77. The fourth-order valence-electron chi connectivity index (χ4n) is 1.61. The molecule has 0 saturated carbocycles. The zero-order valence-corrected chi connectivity index (χ0v) is 11.2. The molecule has 4 nitrogen and oxygen atoms in total. The van der Waals surface area contributed by atoms with Crippen LogP contribution in [0.1, 0.15) is 26.7 Å². The normalized spacial score (nSPS) is 10.1. The van der Waals surface area contributed by atoms with Gasteiger partial charge in [0.05, 0.1) is 0 Å². The van der Waals surface area contributed by atoms with E-state index >= 15 is 0 Å². The van der Waals surface area contributed by atoms with Crippen molar-refractivity contribution in [3.63, 3.8) is 0 Å². The van der Waals surface area contributed by atoms with E-state index in [2.05, 4.69) is 6.92 Å². The smallest absolute Gasteiger partial charge is 0.260 e. The van der Waals surface area contributed by atoms with Crippen LogP contribution in [0.4, 0.5) is 5.69 Å². The Balaban J connectivity index is 2.41. The van der Waals surface area contributed by atoms with Crippen molar-refractivity contribution >= 4 is 11.6 Å². The minimum Gasteiger partial charge on any atom is -0.484 e. The molecule has 0 radical (unpaired) electrons. The number of carbonyl (C=O) groups excluding carboxylic acids is 1. The molecule has 1 amide bonds. The van der Waals surface area contributed by atoms with Crippen LogP contribution in [0, 0.1) is 0 Å². The molecule has 4 heteroatoms. The highest BCUT2D eigenvalue weighted by atomic mass is 16.5. The van der Waals surface area contributed by atoms with Crippen molar-refractivity contribution < 1.29 is 9.53 Å². The van der Waals surface area contributed by atoms with E-state index < -0.39 is 0 Å². The Labute approximate surface area is 109 Å². The number of ether oxygens (including phenoxy) is 1. The van der Waals surface area contributed by atoms with E-state index in [4.69, 9.17) is 10.5 Å². The number of unbranched alkanes of at least 4 members (excludes halogenated alkanes) is 1. The maximum atomic E-state index is 11.9. The Morgan fingerprint density at radius 2 is 1.94 bits per heavy atom. The van der Waals surface area contributed by atoms with Gasteiger partial charge in [-0.05, 0) is 37.6 Å². The number of likely N-dealkylation sites (N-methyl/N-ethyl adjacent to an activating group) is 1. The maximum absolute atomic E-state index is 11.9. The van der Waals surface area contributed by atoms with E-state index in [-0.39, 0.29) is 12.5 Å². The molecule has 0 atom stereocenters. The Morgan fingerprint density at radius 3 is 2.50 bits per heavy atom. The van der Waals surface area contributed by atoms with Gasteiger partial charge in [-0.25, -0.2) is 0 Å². The molecule has 0 heterocycles. The predicted octanol–water partition coefficient (Wildman–Crippen LogP) is 2.30. The molecule has 0 spiro atoms. The number of rotatable bonds is 7. The van der Waals surface area contributed by atoms with E-state index in [1.165, 1.54) is 0 Å². The second-order valence-electron chi connectivity index (χ2n) is 4.18. The summed E-state index contributed by atoms with van der Waals surface area (Å²) < 4.78 is 5.44. The van der Waals surface area contributed by atoms with Crippen molar-refractivity contribution in [2.45, 2.75) is 26.7 Å². The third kappa shape index (κ3) is 4.65. The summed E-state index contributed by atoms with van der Waals surface area (Å²) >= 11 is 0. The van der Waals surface area contributed by atoms with E-state index in [0.29, 0.717) is 11.4 Å². The molecule has 0 bridgehead atoms. The number of nitrogens with zero attached hydrogens (tertiary/aromatic N) is 1. The zero-order valence-electron chi connectivity index (χ0n) is 11.2. The minimum atomic E-state index is 0.0303. The van der Waals surface area contributed by atoms with Crippen LogP contribution in [0.5, 0.6) is 5.75 Å². The lowest BCUT2D eigenvalue weighted by Gasteiger charge is -2.20. The number of hydrogen-bond acceptors (Lipinski definition) is 3. The van der Waals surface area contributed by atoms with E-state index in [0.717, 1.165) is 25.9 Å². The van der Waals surface area contributed by atoms with Crippen LogP contribution >= 0.6 is 0 Å². The molecule has 1 aromatic carbocycles. The fraction of sp³-hybridized carbons (Fsp3) is 0.500. The van der Waals surface area contributed by atoms with Gasteiger partial charge in [-0.2, -0.15) is 0 Å². The van der Waals surface area contributed by atoms with Gasteiger partial charge in [-0.1, -0.05) is 13.3 Å². The van der Waals surface area contributed by atoms with Gasteiger partial charge in [0, 0.05) is 18.8 Å². The molecule has 18 heavy (non-hydrogen) atoms.